The van der Waals surface area contributed by atoms with Crippen LogP contribution in [0.4, 0.5) is 4.79 Å². The van der Waals surface area contributed by atoms with Gasteiger partial charge in [0.2, 0.25) is 5.91 Å². The lowest BCUT2D eigenvalue weighted by atomic mass is 9.90. The number of imide groups is 1. The Morgan fingerprint density at radius 1 is 0.968 bits per heavy atom. The van der Waals surface area contributed by atoms with E-state index in [0.29, 0.717) is 12.8 Å². The Balaban J connectivity index is 1.37. The van der Waals surface area contributed by atoms with Gasteiger partial charge in [-0.15, -0.1) is 0 Å². The third-order valence-electron chi connectivity index (χ3n) is 6.40. The van der Waals surface area contributed by atoms with Crippen molar-refractivity contribution < 1.29 is 14.4 Å². The minimum Gasteiger partial charge on any atom is -0.348 e. The summed E-state index contributed by atoms with van der Waals surface area (Å²) in [6, 6.07) is 17.4. The van der Waals surface area contributed by atoms with Crippen LogP contribution < -0.4 is 10.6 Å². The number of hydrogen-bond acceptors (Lipinski definition) is 3. The number of carbonyl (C=O) groups is 3. The monoisotopic (exact) mass is 419 g/mol. The highest BCUT2D eigenvalue weighted by molar-refractivity contribution is 6.09. The summed E-state index contributed by atoms with van der Waals surface area (Å²) in [7, 11) is 0. The topological polar surface area (TPSA) is 78.5 Å². The Morgan fingerprint density at radius 2 is 1.58 bits per heavy atom. The molecular formula is C25H29N3O3. The first kappa shape index (κ1) is 21.1. The fraction of sp³-hybridized carbons (Fsp3) is 0.400. The first-order valence-corrected chi connectivity index (χ1v) is 11.1. The SMILES string of the molecule is C[C@@H](NC(=O)CN1C(=O)NC2(CCCCCC2)C1=O)c1ccc(-c2ccccc2)cc1. The van der Waals surface area contributed by atoms with Gasteiger partial charge < -0.3 is 10.6 Å². The van der Waals surface area contributed by atoms with E-state index in [-0.39, 0.29) is 24.4 Å². The van der Waals surface area contributed by atoms with Crippen molar-refractivity contribution in [2.75, 3.05) is 6.54 Å². The lowest BCUT2D eigenvalue weighted by Crippen LogP contribution is -2.47. The van der Waals surface area contributed by atoms with Crippen LogP contribution in [0.3, 0.4) is 0 Å². The summed E-state index contributed by atoms with van der Waals surface area (Å²) in [4.78, 5) is 39.1. The number of hydrogen-bond donors (Lipinski definition) is 2. The first-order valence-electron chi connectivity index (χ1n) is 11.1. The molecule has 0 aromatic heterocycles. The van der Waals surface area contributed by atoms with Crippen molar-refractivity contribution in [1.29, 1.82) is 0 Å². The maximum atomic E-state index is 13.0. The van der Waals surface area contributed by atoms with E-state index >= 15 is 0 Å². The number of nitrogens with zero attached hydrogens (tertiary/aromatic N) is 1. The summed E-state index contributed by atoms with van der Waals surface area (Å²) in [5.41, 5.74) is 2.39. The summed E-state index contributed by atoms with van der Waals surface area (Å²) in [6.07, 6.45) is 5.29. The number of carbonyl (C=O) groups excluding carboxylic acids is 3. The van der Waals surface area contributed by atoms with Crippen LogP contribution in [0.5, 0.6) is 0 Å². The smallest absolute Gasteiger partial charge is 0.325 e. The summed E-state index contributed by atoms with van der Waals surface area (Å²) >= 11 is 0. The molecule has 1 aliphatic heterocycles. The van der Waals surface area contributed by atoms with Crippen LogP contribution in [0, 0.1) is 0 Å². The third-order valence-corrected chi connectivity index (χ3v) is 6.40. The number of amides is 4. The van der Waals surface area contributed by atoms with E-state index in [1.165, 1.54) is 0 Å². The Bertz CT molecular complexity index is 948. The molecule has 4 amide bonds. The van der Waals surface area contributed by atoms with Crippen molar-refractivity contribution in [2.45, 2.75) is 57.0 Å². The second-order valence-electron chi connectivity index (χ2n) is 8.60. The van der Waals surface area contributed by atoms with Crippen molar-refractivity contribution in [3.8, 4) is 11.1 Å². The zero-order valence-electron chi connectivity index (χ0n) is 17.9. The van der Waals surface area contributed by atoms with Crippen LogP contribution in [0.15, 0.2) is 54.6 Å². The Labute approximate surface area is 183 Å². The fourth-order valence-corrected chi connectivity index (χ4v) is 4.60. The van der Waals surface area contributed by atoms with E-state index in [4.69, 9.17) is 0 Å². The molecule has 1 saturated heterocycles. The van der Waals surface area contributed by atoms with Gasteiger partial charge >= 0.3 is 6.03 Å². The molecule has 2 N–H and O–H groups in total. The standard InChI is InChI=1S/C25H29N3O3/c1-18(19-11-13-21(14-12-19)20-9-5-4-6-10-20)26-22(29)17-28-23(30)25(27-24(28)31)15-7-2-3-8-16-25/h4-6,9-14,18H,2-3,7-8,15-17H2,1H3,(H,26,29)(H,27,31)/t18-/m1/s1. The van der Waals surface area contributed by atoms with Gasteiger partial charge in [0.1, 0.15) is 12.1 Å². The maximum Gasteiger partial charge on any atom is 0.325 e. The molecule has 1 atom stereocenters. The Morgan fingerprint density at radius 3 is 2.23 bits per heavy atom. The zero-order valence-corrected chi connectivity index (χ0v) is 17.9. The van der Waals surface area contributed by atoms with Gasteiger partial charge in [-0.3, -0.25) is 14.5 Å². The zero-order chi connectivity index (χ0) is 21.8. The average Bonchev–Trinajstić information content (AvgIpc) is 2.94. The molecule has 4 rings (SSSR count). The number of urea groups is 1. The normalized spacial score (nSPS) is 19.1. The second kappa shape index (κ2) is 8.92. The first-order chi connectivity index (χ1) is 15.0. The van der Waals surface area contributed by atoms with Gasteiger partial charge in [-0.25, -0.2) is 4.79 Å². The molecule has 0 radical (unpaired) electrons. The van der Waals surface area contributed by atoms with Gasteiger partial charge in [-0.2, -0.15) is 0 Å². The molecule has 2 aromatic rings. The molecular weight excluding hydrogens is 390 g/mol. The molecule has 31 heavy (non-hydrogen) atoms. The van der Waals surface area contributed by atoms with Crippen LogP contribution in [0.1, 0.15) is 57.1 Å². The van der Waals surface area contributed by atoms with Crippen molar-refractivity contribution in [1.82, 2.24) is 15.5 Å². The highest BCUT2D eigenvalue weighted by Crippen LogP contribution is 2.32. The third kappa shape index (κ3) is 4.48. The highest BCUT2D eigenvalue weighted by Gasteiger charge is 2.51. The number of rotatable bonds is 5. The van der Waals surface area contributed by atoms with E-state index < -0.39 is 11.6 Å². The van der Waals surface area contributed by atoms with Crippen LogP contribution in [-0.2, 0) is 9.59 Å². The summed E-state index contributed by atoms with van der Waals surface area (Å²) in [6.45, 7) is 1.65. The molecule has 2 fully saturated rings. The van der Waals surface area contributed by atoms with Gasteiger partial charge in [0.05, 0.1) is 6.04 Å². The van der Waals surface area contributed by atoms with E-state index in [2.05, 4.69) is 22.8 Å². The molecule has 0 unspecified atom stereocenters. The maximum absolute atomic E-state index is 13.0. The predicted molar refractivity (Wildman–Crippen MR) is 119 cm³/mol. The van der Waals surface area contributed by atoms with Gasteiger partial charge in [-0.05, 0) is 36.5 Å². The lowest BCUT2D eigenvalue weighted by molar-refractivity contribution is -0.135. The molecule has 6 nitrogen and oxygen atoms in total. The van der Waals surface area contributed by atoms with Crippen molar-refractivity contribution in [2.24, 2.45) is 0 Å². The van der Waals surface area contributed by atoms with Gasteiger partial charge in [0.15, 0.2) is 0 Å². The molecule has 1 spiro atoms. The van der Waals surface area contributed by atoms with Gasteiger partial charge in [-0.1, -0.05) is 80.3 Å². The van der Waals surface area contributed by atoms with E-state index in [1.807, 2.05) is 49.4 Å². The fourth-order valence-electron chi connectivity index (χ4n) is 4.60. The molecule has 162 valence electrons. The van der Waals surface area contributed by atoms with Crippen molar-refractivity contribution >= 4 is 17.8 Å². The molecule has 2 aliphatic rings. The predicted octanol–water partition coefficient (Wildman–Crippen LogP) is 4.18. The molecule has 1 heterocycles. The van der Waals surface area contributed by atoms with Crippen molar-refractivity contribution in [3.63, 3.8) is 0 Å². The molecule has 1 saturated carbocycles. The largest absolute Gasteiger partial charge is 0.348 e. The summed E-state index contributed by atoms with van der Waals surface area (Å²) < 4.78 is 0. The molecule has 1 aliphatic carbocycles. The van der Waals surface area contributed by atoms with Crippen molar-refractivity contribution in [3.05, 3.63) is 60.2 Å². The van der Waals surface area contributed by atoms with Crippen LogP contribution >= 0.6 is 0 Å². The summed E-state index contributed by atoms with van der Waals surface area (Å²) in [5.74, 6) is -0.594. The molecule has 6 heteroatoms. The van der Waals surface area contributed by atoms with Gasteiger partial charge in [0.25, 0.3) is 5.91 Å². The van der Waals surface area contributed by atoms with E-state index in [9.17, 15) is 14.4 Å². The second-order valence-corrected chi connectivity index (χ2v) is 8.60. The van der Waals surface area contributed by atoms with Gasteiger partial charge in [0, 0.05) is 0 Å². The Hall–Kier alpha value is -3.15. The molecule has 0 bridgehead atoms. The lowest BCUT2D eigenvalue weighted by Gasteiger charge is -2.24. The minimum absolute atomic E-state index is 0.232. The van der Waals surface area contributed by atoms with Crippen LogP contribution in [-0.4, -0.2) is 34.8 Å². The average molecular weight is 420 g/mol. The molecule has 2 aromatic carbocycles. The highest BCUT2D eigenvalue weighted by atomic mass is 16.2. The Kier molecular flexibility index (Phi) is 6.07. The van der Waals surface area contributed by atoms with E-state index in [0.717, 1.165) is 47.3 Å². The summed E-state index contributed by atoms with van der Waals surface area (Å²) in [5, 5.41) is 5.79. The van der Waals surface area contributed by atoms with Crippen LogP contribution in [0.25, 0.3) is 11.1 Å². The van der Waals surface area contributed by atoms with E-state index in [1.54, 1.807) is 0 Å². The minimum atomic E-state index is -0.813. The van der Waals surface area contributed by atoms with Crippen LogP contribution in [0.2, 0.25) is 0 Å². The number of nitrogens with one attached hydrogen (secondary N) is 2. The quantitative estimate of drug-likeness (QED) is 0.714. The number of benzene rings is 2.